The van der Waals surface area contributed by atoms with E-state index >= 15 is 0 Å². The van der Waals surface area contributed by atoms with Gasteiger partial charge in [-0.25, -0.2) is 0 Å². The molecule has 16 aromatic rings. The summed E-state index contributed by atoms with van der Waals surface area (Å²) in [4.78, 5) is 7.07. The van der Waals surface area contributed by atoms with Gasteiger partial charge in [-0.1, -0.05) is 291 Å². The molecular formula is C96H69N3. The Balaban J connectivity index is 0.785. The molecule has 0 unspecified atom stereocenters. The molecule has 0 aliphatic carbocycles. The van der Waals surface area contributed by atoms with Gasteiger partial charge in [0.1, 0.15) is 0 Å². The number of hydrogen-bond acceptors (Lipinski definition) is 3. The second-order valence-electron chi connectivity index (χ2n) is 24.9. The summed E-state index contributed by atoms with van der Waals surface area (Å²) in [5.41, 5.74) is 30.5. The summed E-state index contributed by atoms with van der Waals surface area (Å²) in [7, 11) is 0. The first-order chi connectivity index (χ1) is 49.0. The van der Waals surface area contributed by atoms with Crippen LogP contribution in [0, 0.1) is 0 Å². The second-order valence-corrected chi connectivity index (χ2v) is 24.9. The Hall–Kier alpha value is -13.1. The Morgan fingerprint density at radius 1 is 0.0909 bits per heavy atom. The quantitative estimate of drug-likeness (QED) is 0.0848. The Bertz CT molecular complexity index is 4490. The molecule has 3 heteroatoms. The first-order valence-corrected chi connectivity index (χ1v) is 33.9. The maximum Gasteiger partial charge on any atom is 0.0462 e. The molecule has 0 aliphatic heterocycles. The average molecular weight is 1260 g/mol. The lowest BCUT2D eigenvalue weighted by atomic mass is 9.93. The van der Waals surface area contributed by atoms with Gasteiger partial charge in [0.2, 0.25) is 0 Å². The molecule has 0 saturated heterocycles. The number of rotatable bonds is 18. The van der Waals surface area contributed by atoms with E-state index in [-0.39, 0.29) is 0 Å². The molecule has 0 aliphatic rings. The molecule has 0 amide bonds. The Kier molecular flexibility index (Phi) is 17.3. The van der Waals surface area contributed by atoms with Crippen molar-refractivity contribution < 1.29 is 0 Å². The van der Waals surface area contributed by atoms with Crippen LogP contribution in [0.15, 0.2) is 419 Å². The standard InChI is InChI=1S/C96H69N3/c1-7-19-70(20-8-1)76-31-49-88(50-32-76)97(89-51-33-77(34-52-89)71-21-9-2-10-22-71)94-61-43-82(44-62-94)85-67-86(83-45-63-95(64-46-83)98(90-53-35-78(36-54-90)72-23-11-3-12-24-72)91-55-37-79(38-56-91)73-25-13-4-14-26-73)69-87(68-85)84-47-65-96(66-48-84)99(92-57-39-80(40-58-92)74-27-15-5-16-28-74)93-59-41-81(42-60-93)75-29-17-6-18-30-75/h1-69H. The molecule has 0 fully saturated rings. The van der Waals surface area contributed by atoms with E-state index in [2.05, 4.69) is 433 Å². The lowest BCUT2D eigenvalue weighted by Crippen LogP contribution is -2.10. The lowest BCUT2D eigenvalue weighted by Gasteiger charge is -2.26. The van der Waals surface area contributed by atoms with Gasteiger partial charge in [0.25, 0.3) is 0 Å². The summed E-state index contributed by atoms with van der Waals surface area (Å²) in [6.45, 7) is 0. The van der Waals surface area contributed by atoms with Crippen molar-refractivity contribution in [3.05, 3.63) is 419 Å². The molecular weight excluding hydrogens is 1200 g/mol. The van der Waals surface area contributed by atoms with E-state index in [0.717, 1.165) is 84.6 Å². The summed E-state index contributed by atoms with van der Waals surface area (Å²) in [6.07, 6.45) is 0. The number of nitrogens with zero attached hydrogens (tertiary/aromatic N) is 3. The van der Waals surface area contributed by atoms with E-state index in [1.54, 1.807) is 0 Å². The summed E-state index contributed by atoms with van der Waals surface area (Å²) < 4.78 is 0. The third kappa shape index (κ3) is 13.4. The monoisotopic (exact) mass is 1260 g/mol. The summed E-state index contributed by atoms with van der Waals surface area (Å²) >= 11 is 0. The van der Waals surface area contributed by atoms with Crippen molar-refractivity contribution in [3.63, 3.8) is 0 Å². The summed E-state index contributed by atoms with van der Waals surface area (Å²) in [5, 5.41) is 0. The van der Waals surface area contributed by atoms with Crippen LogP contribution in [-0.4, -0.2) is 0 Å². The number of anilines is 9. The molecule has 0 aromatic heterocycles. The van der Waals surface area contributed by atoms with Crippen LogP contribution in [-0.2, 0) is 0 Å². The molecule has 99 heavy (non-hydrogen) atoms. The maximum absolute atomic E-state index is 2.36. The smallest absolute Gasteiger partial charge is 0.0462 e. The molecule has 0 N–H and O–H groups in total. The molecule has 0 radical (unpaired) electrons. The van der Waals surface area contributed by atoms with Crippen molar-refractivity contribution in [2.75, 3.05) is 14.7 Å². The molecule has 0 spiro atoms. The van der Waals surface area contributed by atoms with Crippen LogP contribution in [0.3, 0.4) is 0 Å². The molecule has 3 nitrogen and oxygen atoms in total. The third-order valence-electron chi connectivity index (χ3n) is 18.7. The largest absolute Gasteiger partial charge is 0.311 e. The van der Waals surface area contributed by atoms with Crippen molar-refractivity contribution in [2.24, 2.45) is 0 Å². The SMILES string of the molecule is c1ccc(-c2ccc(N(c3ccc(-c4ccccc4)cc3)c3ccc(-c4cc(-c5ccc(N(c6ccc(-c7ccccc7)cc6)c6ccc(-c7ccccc7)cc6)cc5)cc(-c5ccc(N(c6ccc(-c7ccccc7)cc6)c6ccc(-c7ccccc7)cc6)cc5)c4)cc3)cc2)cc1. The van der Waals surface area contributed by atoms with E-state index in [4.69, 9.17) is 0 Å². The maximum atomic E-state index is 2.36. The zero-order chi connectivity index (χ0) is 66.1. The van der Waals surface area contributed by atoms with E-state index in [1.165, 1.54) is 66.8 Å². The van der Waals surface area contributed by atoms with Crippen LogP contribution < -0.4 is 14.7 Å². The molecule has 16 aromatic carbocycles. The van der Waals surface area contributed by atoms with Gasteiger partial charge in [0.15, 0.2) is 0 Å². The van der Waals surface area contributed by atoms with Crippen molar-refractivity contribution in [1.82, 2.24) is 0 Å². The molecule has 16 rings (SSSR count). The van der Waals surface area contributed by atoms with Crippen molar-refractivity contribution in [3.8, 4) is 100 Å². The Labute approximate surface area is 581 Å². The van der Waals surface area contributed by atoms with Gasteiger partial charge in [-0.2, -0.15) is 0 Å². The molecule has 0 heterocycles. The summed E-state index contributed by atoms with van der Waals surface area (Å²) in [6, 6.07) is 151. The fraction of sp³-hybridized carbons (Fsp3) is 0. The second kappa shape index (κ2) is 28.1. The molecule has 0 atom stereocenters. The highest BCUT2D eigenvalue weighted by Crippen LogP contribution is 2.44. The van der Waals surface area contributed by atoms with Gasteiger partial charge in [-0.05, 0) is 228 Å². The minimum absolute atomic E-state index is 1.06. The van der Waals surface area contributed by atoms with E-state index in [0.29, 0.717) is 0 Å². The topological polar surface area (TPSA) is 9.72 Å². The molecule has 0 saturated carbocycles. The van der Waals surface area contributed by atoms with Gasteiger partial charge >= 0.3 is 0 Å². The van der Waals surface area contributed by atoms with Gasteiger partial charge in [0.05, 0.1) is 0 Å². The fourth-order valence-corrected chi connectivity index (χ4v) is 13.5. The highest BCUT2D eigenvalue weighted by Gasteiger charge is 2.19. The third-order valence-corrected chi connectivity index (χ3v) is 18.7. The van der Waals surface area contributed by atoms with Crippen LogP contribution in [0.5, 0.6) is 0 Å². The molecule has 0 bridgehead atoms. The van der Waals surface area contributed by atoms with Crippen molar-refractivity contribution in [2.45, 2.75) is 0 Å². The van der Waals surface area contributed by atoms with Gasteiger partial charge in [0, 0.05) is 51.2 Å². The first kappa shape index (κ1) is 60.8. The predicted molar refractivity (Wildman–Crippen MR) is 419 cm³/mol. The van der Waals surface area contributed by atoms with E-state index in [9.17, 15) is 0 Å². The summed E-state index contributed by atoms with van der Waals surface area (Å²) in [5.74, 6) is 0. The average Bonchev–Trinajstić information content (AvgIpc) is 1.09. The minimum atomic E-state index is 1.06. The van der Waals surface area contributed by atoms with E-state index in [1.807, 2.05) is 0 Å². The van der Waals surface area contributed by atoms with E-state index < -0.39 is 0 Å². The minimum Gasteiger partial charge on any atom is -0.311 e. The predicted octanol–water partition coefficient (Wildman–Crippen LogP) is 27.1. The Morgan fingerprint density at radius 3 is 0.313 bits per heavy atom. The van der Waals surface area contributed by atoms with Crippen LogP contribution in [0.2, 0.25) is 0 Å². The number of hydrogen-bond donors (Lipinski definition) is 0. The normalized spacial score (nSPS) is 11.0. The van der Waals surface area contributed by atoms with Crippen LogP contribution >= 0.6 is 0 Å². The number of benzene rings is 16. The van der Waals surface area contributed by atoms with Crippen LogP contribution in [0.4, 0.5) is 51.2 Å². The van der Waals surface area contributed by atoms with Gasteiger partial charge in [-0.15, -0.1) is 0 Å². The Morgan fingerprint density at radius 2 is 0.192 bits per heavy atom. The van der Waals surface area contributed by atoms with Gasteiger partial charge < -0.3 is 14.7 Å². The molecule has 468 valence electrons. The zero-order valence-corrected chi connectivity index (χ0v) is 54.7. The zero-order valence-electron chi connectivity index (χ0n) is 54.7. The van der Waals surface area contributed by atoms with Crippen molar-refractivity contribution >= 4 is 51.2 Å². The van der Waals surface area contributed by atoms with Gasteiger partial charge in [-0.3, -0.25) is 0 Å². The van der Waals surface area contributed by atoms with Crippen LogP contribution in [0.1, 0.15) is 0 Å². The first-order valence-electron chi connectivity index (χ1n) is 33.9. The van der Waals surface area contributed by atoms with Crippen molar-refractivity contribution in [1.29, 1.82) is 0 Å². The van der Waals surface area contributed by atoms with Crippen LogP contribution in [0.25, 0.3) is 100 Å². The highest BCUT2D eigenvalue weighted by molar-refractivity contribution is 5.88. The fourth-order valence-electron chi connectivity index (χ4n) is 13.5. The lowest BCUT2D eigenvalue weighted by molar-refractivity contribution is 1.28. The highest BCUT2D eigenvalue weighted by atomic mass is 15.2.